The first-order chi connectivity index (χ1) is 31.5. The number of unbranched alkanes of at least 4 members (excludes halogenated alkanes) is 32. The van der Waals surface area contributed by atoms with Gasteiger partial charge in [-0.25, -0.2) is 0 Å². The van der Waals surface area contributed by atoms with E-state index in [9.17, 15) is 37.9 Å². The zero-order valence-electron chi connectivity index (χ0n) is 41.4. The Labute approximate surface area is 396 Å². The highest BCUT2D eigenvalue weighted by molar-refractivity contribution is 7.85. The van der Waals surface area contributed by atoms with Gasteiger partial charge >= 0.3 is 11.9 Å². The highest BCUT2D eigenvalue weighted by Crippen LogP contribution is 2.24. The molecule has 12 nitrogen and oxygen atoms in total. The van der Waals surface area contributed by atoms with Crippen molar-refractivity contribution >= 4 is 22.1 Å². The lowest BCUT2D eigenvalue weighted by Gasteiger charge is -2.40. The van der Waals surface area contributed by atoms with E-state index in [0.717, 1.165) is 57.8 Å². The number of aliphatic hydroxyl groups is 3. The normalized spacial score (nSPS) is 19.5. The van der Waals surface area contributed by atoms with E-state index in [4.69, 9.17) is 18.9 Å². The van der Waals surface area contributed by atoms with Crippen LogP contribution in [0.1, 0.15) is 251 Å². The van der Waals surface area contributed by atoms with Crippen molar-refractivity contribution in [1.29, 1.82) is 0 Å². The Morgan fingerprint density at radius 1 is 0.508 bits per heavy atom. The summed E-state index contributed by atoms with van der Waals surface area (Å²) >= 11 is 0. The molecule has 1 heterocycles. The van der Waals surface area contributed by atoms with E-state index >= 15 is 0 Å². The van der Waals surface area contributed by atoms with Crippen molar-refractivity contribution in [3.05, 3.63) is 12.2 Å². The van der Waals surface area contributed by atoms with Gasteiger partial charge in [0.25, 0.3) is 10.1 Å². The van der Waals surface area contributed by atoms with Gasteiger partial charge < -0.3 is 34.3 Å². The second-order valence-electron chi connectivity index (χ2n) is 18.9. The molecular formula is C52H98O12S. The number of rotatable bonds is 46. The third kappa shape index (κ3) is 37.0. The highest BCUT2D eigenvalue weighted by Gasteiger charge is 2.46. The van der Waals surface area contributed by atoms with Crippen LogP contribution in [-0.2, 0) is 38.7 Å². The van der Waals surface area contributed by atoms with Crippen molar-refractivity contribution in [3.63, 3.8) is 0 Å². The molecule has 4 N–H and O–H groups in total. The minimum atomic E-state index is -4.60. The fourth-order valence-corrected chi connectivity index (χ4v) is 9.13. The van der Waals surface area contributed by atoms with E-state index in [0.29, 0.717) is 12.8 Å². The first kappa shape index (κ1) is 61.4. The maximum absolute atomic E-state index is 12.8. The van der Waals surface area contributed by atoms with Crippen LogP contribution in [0.5, 0.6) is 0 Å². The number of hydrogen-bond acceptors (Lipinski definition) is 11. The van der Waals surface area contributed by atoms with E-state index in [1.807, 2.05) is 0 Å². The second kappa shape index (κ2) is 42.5. The largest absolute Gasteiger partial charge is 0.462 e. The number of allylic oxidation sites excluding steroid dienone is 2. The average Bonchev–Trinajstić information content (AvgIpc) is 3.27. The van der Waals surface area contributed by atoms with Crippen molar-refractivity contribution in [3.8, 4) is 0 Å². The van der Waals surface area contributed by atoms with Crippen LogP contribution < -0.4 is 0 Å². The second-order valence-corrected chi connectivity index (χ2v) is 20.4. The van der Waals surface area contributed by atoms with Crippen LogP contribution in [-0.4, -0.2) is 96.0 Å². The molecule has 65 heavy (non-hydrogen) atoms. The molecule has 1 fully saturated rings. The molecule has 0 spiro atoms. The van der Waals surface area contributed by atoms with Crippen molar-refractivity contribution < 1.29 is 56.8 Å². The maximum atomic E-state index is 12.8. The fraction of sp³-hybridized carbons (Fsp3) is 0.923. The van der Waals surface area contributed by atoms with Gasteiger partial charge in [-0.05, 0) is 38.5 Å². The SMILES string of the molecule is CCCCCC/C=C\CCCCCCCC(=O)OC(COC(=O)CCCCCCCCCCCCCCCCCCCCCCCCCC)COC1OC(CS(=O)(=O)O)C(O)C(O)C1O. The number of carbonyl (C=O) groups is 2. The maximum Gasteiger partial charge on any atom is 0.306 e. The Balaban J connectivity index is 2.28. The third-order valence-corrected chi connectivity index (χ3v) is 13.3. The number of esters is 2. The molecule has 1 aliphatic heterocycles. The number of hydrogen-bond donors (Lipinski definition) is 4. The molecule has 13 heteroatoms. The molecule has 1 saturated heterocycles. The molecule has 6 atom stereocenters. The summed E-state index contributed by atoms with van der Waals surface area (Å²) in [6.07, 6.45) is 38.4. The van der Waals surface area contributed by atoms with Gasteiger partial charge in [0.2, 0.25) is 0 Å². The summed E-state index contributed by atoms with van der Waals surface area (Å²) in [6, 6.07) is 0. The minimum absolute atomic E-state index is 0.158. The predicted molar refractivity (Wildman–Crippen MR) is 261 cm³/mol. The van der Waals surface area contributed by atoms with Gasteiger partial charge in [0.1, 0.15) is 36.8 Å². The molecule has 384 valence electrons. The molecule has 0 aromatic carbocycles. The van der Waals surface area contributed by atoms with Gasteiger partial charge in [-0.2, -0.15) is 8.42 Å². The Bertz CT molecular complexity index is 1250. The number of aliphatic hydroxyl groups excluding tert-OH is 3. The van der Waals surface area contributed by atoms with E-state index in [1.54, 1.807) is 0 Å². The molecule has 1 rings (SSSR count). The van der Waals surface area contributed by atoms with Crippen LogP contribution >= 0.6 is 0 Å². The molecule has 0 aliphatic carbocycles. The molecule has 0 amide bonds. The van der Waals surface area contributed by atoms with Crippen molar-refractivity contribution in [2.45, 2.75) is 288 Å². The summed E-state index contributed by atoms with van der Waals surface area (Å²) in [5.74, 6) is -1.98. The van der Waals surface area contributed by atoms with Crippen LogP contribution in [0.3, 0.4) is 0 Å². The van der Waals surface area contributed by atoms with Crippen LogP contribution in [0.4, 0.5) is 0 Å². The lowest BCUT2D eigenvalue weighted by Crippen LogP contribution is -2.60. The summed E-state index contributed by atoms with van der Waals surface area (Å²) in [4.78, 5) is 25.5. The summed E-state index contributed by atoms with van der Waals surface area (Å²) in [5.41, 5.74) is 0. The summed E-state index contributed by atoms with van der Waals surface area (Å²) < 4.78 is 54.2. The Morgan fingerprint density at radius 3 is 1.29 bits per heavy atom. The van der Waals surface area contributed by atoms with Gasteiger partial charge in [-0.1, -0.05) is 212 Å². The Morgan fingerprint density at radius 2 is 0.877 bits per heavy atom. The van der Waals surface area contributed by atoms with Gasteiger partial charge in [0.15, 0.2) is 12.4 Å². The summed E-state index contributed by atoms with van der Waals surface area (Å²) in [7, 11) is -4.60. The Kier molecular flexibility index (Phi) is 40.1. The van der Waals surface area contributed by atoms with Gasteiger partial charge in [-0.3, -0.25) is 14.1 Å². The molecule has 0 aromatic rings. The van der Waals surface area contributed by atoms with E-state index in [1.165, 1.54) is 154 Å². The van der Waals surface area contributed by atoms with Gasteiger partial charge in [0.05, 0.1) is 6.61 Å². The molecule has 0 saturated carbocycles. The molecule has 1 aliphatic rings. The number of carbonyl (C=O) groups excluding carboxylic acids is 2. The molecule has 6 unspecified atom stereocenters. The standard InChI is InChI=1S/C52H98O12S/c1-3-5-7-9-11-13-15-17-18-19-20-21-22-23-24-25-26-27-29-30-32-34-36-38-40-47(53)61-42-45(43-62-52-51(57)50(56)49(55)46(64-52)44-65(58,59)60)63-48(54)41-39-37-35-33-31-28-16-14-12-10-8-6-4-2/h14,16,45-46,49-52,55-57H,3-13,15,17-44H2,1-2H3,(H,58,59,60)/b16-14-. The zero-order chi connectivity index (χ0) is 47.6. The van der Waals surface area contributed by atoms with Crippen LogP contribution in [0.15, 0.2) is 12.2 Å². The third-order valence-electron chi connectivity index (χ3n) is 12.6. The lowest BCUT2D eigenvalue weighted by molar-refractivity contribution is -0.297. The topological polar surface area (TPSA) is 186 Å². The Hall–Kier alpha value is -1.61. The molecular weight excluding hydrogens is 849 g/mol. The number of ether oxygens (including phenoxy) is 4. The molecule has 0 aromatic heterocycles. The minimum Gasteiger partial charge on any atom is -0.462 e. The highest BCUT2D eigenvalue weighted by atomic mass is 32.2. The predicted octanol–water partition coefficient (Wildman–Crippen LogP) is 12.2. The first-order valence-corrected chi connectivity index (χ1v) is 28.4. The van der Waals surface area contributed by atoms with Crippen LogP contribution in [0.25, 0.3) is 0 Å². The van der Waals surface area contributed by atoms with E-state index in [-0.39, 0.29) is 19.4 Å². The van der Waals surface area contributed by atoms with Gasteiger partial charge in [0, 0.05) is 12.8 Å². The summed E-state index contributed by atoms with van der Waals surface area (Å²) in [5, 5.41) is 31.0. The van der Waals surface area contributed by atoms with Gasteiger partial charge in [-0.15, -0.1) is 0 Å². The monoisotopic (exact) mass is 947 g/mol. The summed E-state index contributed by atoms with van der Waals surface area (Å²) in [6.45, 7) is 3.78. The average molecular weight is 947 g/mol. The fourth-order valence-electron chi connectivity index (χ4n) is 8.44. The van der Waals surface area contributed by atoms with E-state index < -0.39 is 71.2 Å². The van der Waals surface area contributed by atoms with Crippen LogP contribution in [0.2, 0.25) is 0 Å². The molecule has 0 bridgehead atoms. The smallest absolute Gasteiger partial charge is 0.306 e. The molecule has 0 radical (unpaired) electrons. The first-order valence-electron chi connectivity index (χ1n) is 26.7. The van der Waals surface area contributed by atoms with Crippen molar-refractivity contribution in [2.75, 3.05) is 19.0 Å². The zero-order valence-corrected chi connectivity index (χ0v) is 42.2. The lowest BCUT2D eigenvalue weighted by atomic mass is 10.00. The van der Waals surface area contributed by atoms with Crippen molar-refractivity contribution in [1.82, 2.24) is 0 Å². The van der Waals surface area contributed by atoms with E-state index in [2.05, 4.69) is 26.0 Å². The van der Waals surface area contributed by atoms with Crippen LogP contribution in [0, 0.1) is 0 Å². The quantitative estimate of drug-likeness (QED) is 0.0196. The van der Waals surface area contributed by atoms with Crippen molar-refractivity contribution in [2.24, 2.45) is 0 Å².